The van der Waals surface area contributed by atoms with Crippen LogP contribution in [0.15, 0.2) is 38.0 Å². The Morgan fingerprint density at radius 3 is 0.400 bits per heavy atom. The smallest absolute Gasteiger partial charge is 0.327 e. The van der Waals surface area contributed by atoms with Crippen LogP contribution in [0.2, 0.25) is 0 Å². The molecule has 0 aliphatic heterocycles. The summed E-state index contributed by atoms with van der Waals surface area (Å²) in [5.41, 5.74) is -1.53. The Bertz CT molecular complexity index is 654. The molecule has 304 valence electrons. The first-order valence-corrected chi connectivity index (χ1v) is 15.1. The molecule has 0 heterocycles. The highest BCUT2D eigenvalue weighted by Gasteiger charge is 2.15. The second-order valence-corrected chi connectivity index (χ2v) is 14.0. The number of rotatable bonds is 13. The Balaban J connectivity index is -0.0000000675. The van der Waals surface area contributed by atoms with Gasteiger partial charge in [-0.15, -0.1) is 0 Å². The summed E-state index contributed by atoms with van der Waals surface area (Å²) >= 11 is 0. The third kappa shape index (κ3) is 80.1. The number of aliphatic hydroxyl groups excluding tert-OH is 10. The molecule has 50 heavy (non-hydrogen) atoms. The highest BCUT2D eigenvalue weighted by atomic mass is 16.4. The lowest BCUT2D eigenvalue weighted by molar-refractivity contribution is -0.132. The van der Waals surface area contributed by atoms with Crippen LogP contribution >= 0.6 is 0 Å². The minimum Gasteiger partial charge on any atom is -0.478 e. The normalized spacial score (nSPS) is 10.3. The predicted molar refractivity (Wildman–Crippen MR) is 193 cm³/mol. The summed E-state index contributed by atoms with van der Waals surface area (Å²) in [5, 5.41) is 107. The van der Waals surface area contributed by atoms with Gasteiger partial charge >= 0.3 is 17.9 Å². The van der Waals surface area contributed by atoms with Crippen LogP contribution in [-0.4, -0.2) is 150 Å². The molecule has 0 aliphatic carbocycles. The molecule has 0 bridgehead atoms. The maximum Gasteiger partial charge on any atom is 0.327 e. The predicted octanol–water partition coefficient (Wildman–Crippen LogP) is 0.757. The van der Waals surface area contributed by atoms with Crippen molar-refractivity contribution in [1.29, 1.82) is 0 Å². The lowest BCUT2D eigenvalue weighted by Crippen LogP contribution is -2.20. The molecule has 0 unspecified atom stereocenters. The molecule has 0 aromatic rings. The number of aliphatic carboxylic acids is 3. The van der Waals surface area contributed by atoms with Gasteiger partial charge in [-0.25, -0.2) is 14.4 Å². The van der Waals surface area contributed by atoms with Gasteiger partial charge in [-0.1, -0.05) is 89.0 Å². The first kappa shape index (κ1) is 65.6. The van der Waals surface area contributed by atoms with Crippen LogP contribution in [0.3, 0.4) is 0 Å². The van der Waals surface area contributed by atoms with Crippen LogP contribution in [0, 0.1) is 27.1 Å². The van der Waals surface area contributed by atoms with Crippen LogP contribution in [0.1, 0.15) is 69.2 Å². The van der Waals surface area contributed by atoms with Crippen LogP contribution in [0.25, 0.3) is 0 Å². The van der Waals surface area contributed by atoms with Crippen molar-refractivity contribution < 1.29 is 80.8 Å². The Morgan fingerprint density at radius 2 is 0.400 bits per heavy atom. The quantitative estimate of drug-likeness (QED) is 0.116. The molecule has 0 fully saturated rings. The second-order valence-electron chi connectivity index (χ2n) is 14.0. The van der Waals surface area contributed by atoms with E-state index >= 15 is 0 Å². The molecule has 0 spiro atoms. The summed E-state index contributed by atoms with van der Waals surface area (Å²) in [5.74, 6) is -2.94. The van der Waals surface area contributed by atoms with E-state index in [-0.39, 0.29) is 93.1 Å². The molecule has 0 aliphatic rings. The highest BCUT2D eigenvalue weighted by molar-refractivity contribution is 5.79. The topological polar surface area (TPSA) is 314 Å². The number of hydrogen-bond acceptors (Lipinski definition) is 13. The third-order valence-corrected chi connectivity index (χ3v) is 4.80. The van der Waals surface area contributed by atoms with E-state index < -0.39 is 17.9 Å². The number of aliphatic hydroxyl groups is 10. The maximum atomic E-state index is 9.25. The van der Waals surface area contributed by atoms with Crippen molar-refractivity contribution in [3.8, 4) is 0 Å². The first-order valence-electron chi connectivity index (χ1n) is 15.1. The fraction of sp³-hybridized carbons (Fsp3) is 0.735. The summed E-state index contributed by atoms with van der Waals surface area (Å²) in [6.07, 6.45) is 2.50. The van der Waals surface area contributed by atoms with Crippen molar-refractivity contribution in [3.63, 3.8) is 0 Å². The summed E-state index contributed by atoms with van der Waals surface area (Å²) in [6.45, 7) is 27.3. The second kappa shape index (κ2) is 39.0. The fourth-order valence-electron chi connectivity index (χ4n) is 0.250. The molecule has 16 heteroatoms. The van der Waals surface area contributed by atoms with Gasteiger partial charge in [-0.05, 0) is 0 Å². The van der Waals surface area contributed by atoms with E-state index in [0.717, 1.165) is 18.2 Å². The third-order valence-electron chi connectivity index (χ3n) is 4.80. The molecule has 0 aromatic heterocycles. The maximum absolute atomic E-state index is 9.25. The van der Waals surface area contributed by atoms with E-state index in [4.69, 9.17) is 66.4 Å². The molecular formula is C34H72O16. The molecule has 13 N–H and O–H groups in total. The molecule has 0 radical (unpaired) electrons. The number of carboxylic acid groups (broad SMARTS) is 3. The van der Waals surface area contributed by atoms with Gasteiger partial charge in [0.2, 0.25) is 0 Å². The molecule has 0 amide bonds. The van der Waals surface area contributed by atoms with Gasteiger partial charge in [0.1, 0.15) is 0 Å². The Hall–Kier alpha value is -2.77. The van der Waals surface area contributed by atoms with E-state index in [1.165, 1.54) is 0 Å². The standard InChI is InChI=1S/5C5H12O2.3C3H4O2/c5*1-5(2,3-6)4-7;3*1-2-3(4)5/h5*6-7H,3-4H2,1-2H3;3*2H,1H2,(H,4,5). The Labute approximate surface area is 299 Å². The van der Waals surface area contributed by atoms with Crippen molar-refractivity contribution in [1.82, 2.24) is 0 Å². The summed E-state index contributed by atoms with van der Waals surface area (Å²) in [6, 6.07) is 0. The Kier molecular flexibility index (Phi) is 51.2. The number of carboxylic acids is 3. The minimum atomic E-state index is -0.981. The Morgan fingerprint density at radius 1 is 0.340 bits per heavy atom. The summed E-state index contributed by atoms with van der Waals surface area (Å²) in [7, 11) is 0. The van der Waals surface area contributed by atoms with E-state index in [2.05, 4.69) is 19.7 Å². The van der Waals surface area contributed by atoms with Gasteiger partial charge < -0.3 is 66.4 Å². The minimum absolute atomic E-state index is 0.0451. The fourth-order valence-corrected chi connectivity index (χ4v) is 0.250. The number of carbonyl (C=O) groups is 3. The highest BCUT2D eigenvalue weighted by Crippen LogP contribution is 2.12. The molecule has 16 nitrogen and oxygen atoms in total. The average molecular weight is 737 g/mol. The lowest BCUT2D eigenvalue weighted by atomic mass is 9.97. The van der Waals surface area contributed by atoms with Gasteiger partial charge in [0.25, 0.3) is 0 Å². The van der Waals surface area contributed by atoms with E-state index in [1.807, 2.05) is 0 Å². The van der Waals surface area contributed by atoms with E-state index in [9.17, 15) is 14.4 Å². The average Bonchev–Trinajstić information content (AvgIpc) is 3.09. The van der Waals surface area contributed by atoms with Gasteiger partial charge in [0, 0.05) is 45.3 Å². The molecule has 0 rings (SSSR count). The summed E-state index contributed by atoms with van der Waals surface area (Å²) < 4.78 is 0. The first-order chi connectivity index (χ1) is 22.4. The van der Waals surface area contributed by atoms with Crippen molar-refractivity contribution in [2.45, 2.75) is 69.2 Å². The van der Waals surface area contributed by atoms with Gasteiger partial charge in [0.15, 0.2) is 0 Å². The van der Waals surface area contributed by atoms with Crippen molar-refractivity contribution in [3.05, 3.63) is 38.0 Å². The van der Waals surface area contributed by atoms with Gasteiger partial charge in [0.05, 0.1) is 66.1 Å². The molecule has 0 atom stereocenters. The zero-order valence-corrected chi connectivity index (χ0v) is 32.0. The van der Waals surface area contributed by atoms with E-state index in [1.54, 1.807) is 69.2 Å². The van der Waals surface area contributed by atoms with Crippen LogP contribution in [-0.2, 0) is 14.4 Å². The summed E-state index contributed by atoms with van der Waals surface area (Å²) in [4.78, 5) is 27.8. The lowest BCUT2D eigenvalue weighted by Gasteiger charge is -2.16. The van der Waals surface area contributed by atoms with Crippen LogP contribution in [0.4, 0.5) is 0 Å². The van der Waals surface area contributed by atoms with Crippen molar-refractivity contribution >= 4 is 17.9 Å². The monoisotopic (exact) mass is 736 g/mol. The van der Waals surface area contributed by atoms with Crippen LogP contribution < -0.4 is 0 Å². The number of hydrogen-bond donors (Lipinski definition) is 13. The molecular weight excluding hydrogens is 664 g/mol. The van der Waals surface area contributed by atoms with Crippen molar-refractivity contribution in [2.75, 3.05) is 66.1 Å². The SMILES string of the molecule is C=CC(=O)O.C=CC(=O)O.C=CC(=O)O.CC(C)(CO)CO.CC(C)(CO)CO.CC(C)(CO)CO.CC(C)(CO)CO.CC(C)(CO)CO. The van der Waals surface area contributed by atoms with Gasteiger partial charge in [-0.2, -0.15) is 0 Å². The van der Waals surface area contributed by atoms with E-state index in [0.29, 0.717) is 0 Å². The van der Waals surface area contributed by atoms with Crippen molar-refractivity contribution in [2.24, 2.45) is 27.1 Å². The molecule has 0 saturated carbocycles. The zero-order chi connectivity index (χ0) is 42.4. The largest absolute Gasteiger partial charge is 0.478 e. The zero-order valence-electron chi connectivity index (χ0n) is 32.0. The van der Waals surface area contributed by atoms with Crippen LogP contribution in [0.5, 0.6) is 0 Å². The molecule has 0 saturated heterocycles. The molecule has 0 aromatic carbocycles. The van der Waals surface area contributed by atoms with Gasteiger partial charge in [-0.3, -0.25) is 0 Å².